The molecule has 4 N–H and O–H groups in total. The van der Waals surface area contributed by atoms with Crippen LogP contribution in [0.3, 0.4) is 0 Å². The first-order valence-corrected chi connectivity index (χ1v) is 7.21. The SMILES string of the molecule is Nc1cc(CC(=O)C[C@H]2CC[C@@H](CC(=O)O)OB2O)ccn1. The monoisotopic (exact) mass is 306 g/mol. The molecule has 1 aliphatic rings. The van der Waals surface area contributed by atoms with Gasteiger partial charge in [-0.2, -0.15) is 0 Å². The summed E-state index contributed by atoms with van der Waals surface area (Å²) in [5.41, 5.74) is 6.35. The minimum Gasteiger partial charge on any atom is -0.481 e. The number of Topliss-reactive ketones (excluding diaryl/α,β-unsaturated/α-hetero) is 1. The van der Waals surface area contributed by atoms with E-state index in [0.29, 0.717) is 18.7 Å². The van der Waals surface area contributed by atoms with Crippen molar-refractivity contribution in [1.82, 2.24) is 4.98 Å². The predicted octanol–water partition coefficient (Wildman–Crippen LogP) is 0.670. The van der Waals surface area contributed by atoms with Gasteiger partial charge in [-0.05, 0) is 30.5 Å². The maximum Gasteiger partial charge on any atom is 0.458 e. The third-order valence-electron chi connectivity index (χ3n) is 3.73. The molecule has 0 aliphatic carbocycles. The topological polar surface area (TPSA) is 123 Å². The van der Waals surface area contributed by atoms with Crippen LogP contribution >= 0.6 is 0 Å². The van der Waals surface area contributed by atoms with Gasteiger partial charge in [0.05, 0.1) is 12.5 Å². The van der Waals surface area contributed by atoms with Crippen LogP contribution in [-0.2, 0) is 20.7 Å². The standard InChI is InChI=1S/C14H19BN2O5/c16-13-6-9(3-4-17-13)5-11(18)7-10-1-2-12(8-14(19)20)22-15(10)21/h3-4,6,10,12,21H,1-2,5,7-8H2,(H2,16,17)(H,19,20)/t10-,12+/m1/s1. The van der Waals surface area contributed by atoms with Crippen molar-refractivity contribution in [1.29, 1.82) is 0 Å². The van der Waals surface area contributed by atoms with Gasteiger partial charge in [0.1, 0.15) is 11.6 Å². The van der Waals surface area contributed by atoms with Gasteiger partial charge in [0.2, 0.25) is 0 Å². The number of carboxylic acid groups (broad SMARTS) is 1. The number of hydrogen-bond donors (Lipinski definition) is 3. The third-order valence-corrected chi connectivity index (χ3v) is 3.73. The van der Waals surface area contributed by atoms with E-state index in [9.17, 15) is 14.6 Å². The smallest absolute Gasteiger partial charge is 0.458 e. The normalized spacial score (nSPS) is 21.6. The van der Waals surface area contributed by atoms with Crippen LogP contribution in [0.5, 0.6) is 0 Å². The number of nitrogens with zero attached hydrogens (tertiary/aromatic N) is 1. The molecule has 8 heteroatoms. The first-order valence-electron chi connectivity index (χ1n) is 7.21. The Morgan fingerprint density at radius 1 is 1.41 bits per heavy atom. The molecule has 0 amide bonds. The summed E-state index contributed by atoms with van der Waals surface area (Å²) >= 11 is 0. The highest BCUT2D eigenvalue weighted by Crippen LogP contribution is 2.31. The molecular formula is C14H19BN2O5. The van der Waals surface area contributed by atoms with Gasteiger partial charge >= 0.3 is 13.1 Å². The molecule has 0 unspecified atom stereocenters. The zero-order chi connectivity index (χ0) is 16.1. The predicted molar refractivity (Wildman–Crippen MR) is 80.1 cm³/mol. The Morgan fingerprint density at radius 2 is 2.18 bits per heavy atom. The molecule has 1 aliphatic heterocycles. The van der Waals surface area contributed by atoms with Crippen molar-refractivity contribution in [2.24, 2.45) is 0 Å². The van der Waals surface area contributed by atoms with E-state index in [-0.39, 0.29) is 30.9 Å². The van der Waals surface area contributed by atoms with Crippen LogP contribution in [0.2, 0.25) is 5.82 Å². The first kappa shape index (κ1) is 16.4. The van der Waals surface area contributed by atoms with Crippen LogP contribution in [0, 0.1) is 0 Å². The van der Waals surface area contributed by atoms with E-state index >= 15 is 0 Å². The molecular weight excluding hydrogens is 287 g/mol. The Morgan fingerprint density at radius 3 is 2.82 bits per heavy atom. The Labute approximate surface area is 128 Å². The lowest BCUT2D eigenvalue weighted by molar-refractivity contribution is -0.139. The van der Waals surface area contributed by atoms with Gasteiger partial charge in [0.25, 0.3) is 0 Å². The quantitative estimate of drug-likeness (QED) is 0.660. The molecule has 1 fully saturated rings. The van der Waals surface area contributed by atoms with Gasteiger partial charge in [0, 0.05) is 24.9 Å². The van der Waals surface area contributed by atoms with Crippen LogP contribution in [0.25, 0.3) is 0 Å². The van der Waals surface area contributed by atoms with E-state index in [2.05, 4.69) is 4.98 Å². The summed E-state index contributed by atoms with van der Waals surface area (Å²) in [6.45, 7) is 0. The van der Waals surface area contributed by atoms with Crippen molar-refractivity contribution >= 4 is 24.7 Å². The highest BCUT2D eigenvalue weighted by atomic mass is 16.5. The number of nitrogens with two attached hydrogens (primary N) is 1. The summed E-state index contributed by atoms with van der Waals surface area (Å²) in [4.78, 5) is 26.6. The fraction of sp³-hybridized carbons (Fsp3) is 0.500. The van der Waals surface area contributed by atoms with Crippen molar-refractivity contribution in [3.63, 3.8) is 0 Å². The van der Waals surface area contributed by atoms with E-state index < -0.39 is 19.2 Å². The van der Waals surface area contributed by atoms with Crippen LogP contribution in [0.1, 0.15) is 31.2 Å². The van der Waals surface area contributed by atoms with Crippen molar-refractivity contribution in [2.45, 2.75) is 44.0 Å². The number of carboxylic acids is 1. The largest absolute Gasteiger partial charge is 0.481 e. The molecule has 1 aromatic heterocycles. The summed E-state index contributed by atoms with van der Waals surface area (Å²) in [6, 6.07) is 3.37. The van der Waals surface area contributed by atoms with Crippen molar-refractivity contribution < 1.29 is 24.4 Å². The van der Waals surface area contributed by atoms with Crippen molar-refractivity contribution in [3.05, 3.63) is 23.9 Å². The molecule has 1 aromatic rings. The molecule has 0 bridgehead atoms. The Kier molecular flexibility index (Phi) is 5.51. The van der Waals surface area contributed by atoms with E-state index in [4.69, 9.17) is 15.5 Å². The highest BCUT2D eigenvalue weighted by molar-refractivity contribution is 6.45. The zero-order valence-electron chi connectivity index (χ0n) is 12.1. The average molecular weight is 306 g/mol. The fourth-order valence-corrected chi connectivity index (χ4v) is 2.66. The molecule has 2 heterocycles. The van der Waals surface area contributed by atoms with Gasteiger partial charge in [-0.1, -0.05) is 0 Å². The molecule has 118 valence electrons. The van der Waals surface area contributed by atoms with Crippen LogP contribution in [0.15, 0.2) is 18.3 Å². The maximum atomic E-state index is 12.1. The van der Waals surface area contributed by atoms with Gasteiger partial charge in [0.15, 0.2) is 0 Å². The average Bonchev–Trinajstić information content (AvgIpc) is 2.41. The van der Waals surface area contributed by atoms with Crippen LogP contribution in [-0.4, -0.2) is 40.1 Å². The second-order valence-corrected chi connectivity index (χ2v) is 5.59. The molecule has 0 aromatic carbocycles. The van der Waals surface area contributed by atoms with E-state index in [1.54, 1.807) is 18.3 Å². The van der Waals surface area contributed by atoms with E-state index in [1.165, 1.54) is 0 Å². The number of rotatable bonds is 6. The molecule has 1 saturated heterocycles. The number of aromatic nitrogens is 1. The summed E-state index contributed by atoms with van der Waals surface area (Å²) in [5, 5.41) is 18.6. The lowest BCUT2D eigenvalue weighted by atomic mass is 9.64. The number of nitrogen functional groups attached to an aromatic ring is 1. The van der Waals surface area contributed by atoms with Gasteiger partial charge in [-0.3, -0.25) is 9.59 Å². The summed E-state index contributed by atoms with van der Waals surface area (Å²) in [6.07, 6.45) is 2.46. The number of carbonyl (C=O) groups excluding carboxylic acids is 1. The molecule has 2 atom stereocenters. The third kappa shape index (κ3) is 4.82. The minimum atomic E-state index is -1.09. The Hall–Kier alpha value is -1.93. The molecule has 7 nitrogen and oxygen atoms in total. The molecule has 0 radical (unpaired) electrons. The minimum absolute atomic E-state index is 0.0186. The number of anilines is 1. The second kappa shape index (κ2) is 7.37. The summed E-state index contributed by atoms with van der Waals surface area (Å²) in [7, 11) is -1.09. The maximum absolute atomic E-state index is 12.1. The van der Waals surface area contributed by atoms with Gasteiger partial charge < -0.3 is 20.5 Å². The van der Waals surface area contributed by atoms with Crippen molar-refractivity contribution in [3.8, 4) is 0 Å². The molecule has 22 heavy (non-hydrogen) atoms. The number of aliphatic carboxylic acids is 1. The Balaban J connectivity index is 1.83. The van der Waals surface area contributed by atoms with Gasteiger partial charge in [-0.15, -0.1) is 0 Å². The number of carbonyl (C=O) groups is 2. The van der Waals surface area contributed by atoms with Crippen LogP contribution in [0.4, 0.5) is 5.82 Å². The highest BCUT2D eigenvalue weighted by Gasteiger charge is 2.36. The molecule has 2 rings (SSSR count). The number of ketones is 1. The fourth-order valence-electron chi connectivity index (χ4n) is 2.66. The first-order chi connectivity index (χ1) is 10.4. The van der Waals surface area contributed by atoms with E-state index in [0.717, 1.165) is 5.56 Å². The Bertz CT molecular complexity index is 554. The van der Waals surface area contributed by atoms with Crippen molar-refractivity contribution in [2.75, 3.05) is 5.73 Å². The zero-order valence-corrected chi connectivity index (χ0v) is 12.1. The molecule has 0 spiro atoms. The summed E-state index contributed by atoms with van der Waals surface area (Å²) in [5.74, 6) is -0.906. The number of hydrogen-bond acceptors (Lipinski definition) is 6. The number of pyridine rings is 1. The van der Waals surface area contributed by atoms with Crippen LogP contribution < -0.4 is 5.73 Å². The second-order valence-electron chi connectivity index (χ2n) is 5.59. The lowest BCUT2D eigenvalue weighted by Gasteiger charge is -2.30. The summed E-state index contributed by atoms with van der Waals surface area (Å²) < 4.78 is 5.27. The van der Waals surface area contributed by atoms with E-state index in [1.807, 2.05) is 0 Å². The molecule has 0 saturated carbocycles. The van der Waals surface area contributed by atoms with Gasteiger partial charge in [-0.25, -0.2) is 4.98 Å². The lowest BCUT2D eigenvalue weighted by Crippen LogP contribution is -2.38.